The zero-order valence-corrected chi connectivity index (χ0v) is 20.6. The molecule has 1 saturated carbocycles. The van der Waals surface area contributed by atoms with Crippen LogP contribution in [0.15, 0.2) is 66.5 Å². The van der Waals surface area contributed by atoms with E-state index in [-0.39, 0.29) is 23.8 Å². The fraction of sp³-hybridized carbons (Fsp3) is 0.483. The summed E-state index contributed by atoms with van der Waals surface area (Å²) in [5.74, 6) is 0.271. The lowest BCUT2D eigenvalue weighted by Crippen LogP contribution is -2.56. The van der Waals surface area contributed by atoms with Crippen molar-refractivity contribution in [2.24, 2.45) is 23.7 Å². The molecule has 0 saturated heterocycles. The summed E-state index contributed by atoms with van der Waals surface area (Å²) in [6, 6.07) is 14.6. The Kier molecular flexibility index (Phi) is 7.54. The van der Waals surface area contributed by atoms with Crippen LogP contribution in [0.4, 0.5) is 0 Å². The average molecular weight is 461 g/mol. The molecule has 2 aromatic rings. The van der Waals surface area contributed by atoms with Gasteiger partial charge < -0.3 is 15.2 Å². The summed E-state index contributed by atoms with van der Waals surface area (Å²) in [5, 5.41) is 15.5. The molecular weight excluding hydrogens is 424 g/mol. The zero-order valence-electron chi connectivity index (χ0n) is 20.6. The van der Waals surface area contributed by atoms with Gasteiger partial charge in [-0.05, 0) is 66.8 Å². The second kappa shape index (κ2) is 10.4. The van der Waals surface area contributed by atoms with E-state index >= 15 is 0 Å². The molecule has 1 heterocycles. The lowest BCUT2D eigenvalue weighted by atomic mass is 9.57. The molecule has 2 radical (unpaired) electrons. The fourth-order valence-corrected chi connectivity index (χ4v) is 5.68. The normalized spacial score (nSPS) is 30.6. The maximum Gasteiger partial charge on any atom is 0.303 e. The van der Waals surface area contributed by atoms with Gasteiger partial charge in [0.05, 0.1) is 18.1 Å². The number of hydrogen-bond acceptors (Lipinski definition) is 5. The van der Waals surface area contributed by atoms with Gasteiger partial charge in [-0.15, -0.1) is 0 Å². The quantitative estimate of drug-likeness (QED) is 0.460. The van der Waals surface area contributed by atoms with Crippen molar-refractivity contribution in [1.82, 2.24) is 10.3 Å². The molecule has 1 unspecified atom stereocenters. The van der Waals surface area contributed by atoms with E-state index in [1.165, 1.54) is 12.5 Å². The predicted octanol–water partition coefficient (Wildman–Crippen LogP) is 4.76. The van der Waals surface area contributed by atoms with Gasteiger partial charge in [0.25, 0.3) is 0 Å². The SMILES string of the molecule is CC(=O)O[C@@H]1[C][C@@]2(O)[C@H](C)CC[C@@H]([C@H](C)CNC(c3ccccc3)c3cccnc3)[C@H]2C=C1C. The Labute approximate surface area is 203 Å². The molecule has 34 heavy (non-hydrogen) atoms. The number of fused-ring (bicyclic) bond motifs is 1. The Hall–Kier alpha value is -2.50. The third kappa shape index (κ3) is 5.11. The van der Waals surface area contributed by atoms with Crippen molar-refractivity contribution in [1.29, 1.82) is 0 Å². The molecule has 7 atom stereocenters. The fourth-order valence-electron chi connectivity index (χ4n) is 5.68. The first-order valence-corrected chi connectivity index (χ1v) is 12.3. The van der Waals surface area contributed by atoms with Crippen molar-refractivity contribution in [2.45, 2.75) is 58.3 Å². The number of benzene rings is 1. The molecule has 5 nitrogen and oxygen atoms in total. The topological polar surface area (TPSA) is 71.5 Å². The largest absolute Gasteiger partial charge is 0.457 e. The number of hydrogen-bond donors (Lipinski definition) is 2. The number of ether oxygens (including phenoxy) is 1. The number of carbonyl (C=O) groups excluding carboxylic acids is 1. The van der Waals surface area contributed by atoms with Crippen LogP contribution in [0.3, 0.4) is 0 Å². The minimum Gasteiger partial charge on any atom is -0.457 e. The summed E-state index contributed by atoms with van der Waals surface area (Å²) in [6.07, 6.45) is 10.5. The highest BCUT2D eigenvalue weighted by molar-refractivity contribution is 5.66. The highest BCUT2D eigenvalue weighted by atomic mass is 16.5. The summed E-state index contributed by atoms with van der Waals surface area (Å²) < 4.78 is 5.44. The lowest BCUT2D eigenvalue weighted by Gasteiger charge is -2.52. The van der Waals surface area contributed by atoms with Gasteiger partial charge in [0.2, 0.25) is 0 Å². The Balaban J connectivity index is 1.53. The first-order valence-electron chi connectivity index (χ1n) is 12.3. The summed E-state index contributed by atoms with van der Waals surface area (Å²) in [5.41, 5.74) is 2.19. The van der Waals surface area contributed by atoms with Crippen molar-refractivity contribution < 1.29 is 14.6 Å². The molecule has 2 aliphatic rings. The van der Waals surface area contributed by atoms with Crippen LogP contribution in [-0.2, 0) is 9.53 Å². The third-order valence-corrected chi connectivity index (χ3v) is 7.68. The number of aliphatic hydroxyl groups is 1. The van der Waals surface area contributed by atoms with Crippen LogP contribution in [0.2, 0.25) is 0 Å². The Bertz CT molecular complexity index is 953. The van der Waals surface area contributed by atoms with Crippen molar-refractivity contribution >= 4 is 5.97 Å². The van der Waals surface area contributed by atoms with E-state index in [0.717, 1.165) is 30.5 Å². The minimum absolute atomic E-state index is 0.0478. The van der Waals surface area contributed by atoms with E-state index in [1.807, 2.05) is 25.3 Å². The summed E-state index contributed by atoms with van der Waals surface area (Å²) in [6.45, 7) is 8.51. The summed E-state index contributed by atoms with van der Waals surface area (Å²) in [7, 11) is 0. The van der Waals surface area contributed by atoms with Crippen LogP contribution >= 0.6 is 0 Å². The van der Waals surface area contributed by atoms with Crippen LogP contribution in [0, 0.1) is 30.1 Å². The molecule has 2 N–H and O–H groups in total. The van der Waals surface area contributed by atoms with E-state index in [0.29, 0.717) is 11.8 Å². The molecule has 2 aliphatic carbocycles. The van der Waals surface area contributed by atoms with Crippen molar-refractivity contribution in [2.75, 3.05) is 6.54 Å². The Morgan fingerprint density at radius 1 is 1.24 bits per heavy atom. The average Bonchev–Trinajstić information content (AvgIpc) is 2.82. The first kappa shape index (κ1) is 24.6. The van der Waals surface area contributed by atoms with Crippen LogP contribution in [0.1, 0.15) is 57.7 Å². The summed E-state index contributed by atoms with van der Waals surface area (Å²) >= 11 is 0. The highest BCUT2D eigenvalue weighted by Gasteiger charge is 2.53. The molecule has 1 aromatic carbocycles. The van der Waals surface area contributed by atoms with Gasteiger partial charge in [0.1, 0.15) is 6.10 Å². The molecule has 1 aromatic heterocycles. The molecule has 0 aliphatic heterocycles. The molecular formula is C29H36N2O3. The maximum absolute atomic E-state index is 11.7. The van der Waals surface area contributed by atoms with Crippen LogP contribution in [0.5, 0.6) is 0 Å². The van der Waals surface area contributed by atoms with Gasteiger partial charge in [0, 0.05) is 25.2 Å². The van der Waals surface area contributed by atoms with E-state index in [9.17, 15) is 9.90 Å². The van der Waals surface area contributed by atoms with Gasteiger partial charge in [-0.1, -0.05) is 56.3 Å². The predicted molar refractivity (Wildman–Crippen MR) is 133 cm³/mol. The standard InChI is InChI=1S/C29H36N2O3/c1-19-15-26-25(13-12-21(3)29(26,33)16-27(19)34-22(4)32)20(2)17-31-28(23-9-6-5-7-10-23)24-11-8-14-30-18-24/h5-11,14-15,18,20-21,25-28,31,33H,12-13,17H2,1-4H3/t20-,21-,25+,26-,27-,28?,29-/m1/s1. The van der Waals surface area contributed by atoms with Crippen molar-refractivity contribution in [3.8, 4) is 0 Å². The lowest BCUT2D eigenvalue weighted by molar-refractivity contribution is -0.148. The molecule has 0 amide bonds. The van der Waals surface area contributed by atoms with E-state index in [1.54, 1.807) is 6.20 Å². The molecule has 0 spiro atoms. The molecule has 180 valence electrons. The van der Waals surface area contributed by atoms with E-state index in [2.05, 4.69) is 67.0 Å². The number of rotatable bonds is 7. The molecule has 4 rings (SSSR count). The Morgan fingerprint density at radius 2 is 1.97 bits per heavy atom. The Morgan fingerprint density at radius 3 is 2.65 bits per heavy atom. The van der Waals surface area contributed by atoms with Crippen LogP contribution in [0.25, 0.3) is 0 Å². The van der Waals surface area contributed by atoms with E-state index in [4.69, 9.17) is 4.74 Å². The first-order chi connectivity index (χ1) is 16.3. The van der Waals surface area contributed by atoms with Gasteiger partial charge in [0.15, 0.2) is 0 Å². The van der Waals surface area contributed by atoms with Gasteiger partial charge in [-0.3, -0.25) is 9.78 Å². The minimum atomic E-state index is -1.10. The highest BCUT2D eigenvalue weighted by Crippen LogP contribution is 2.50. The number of nitrogens with zero attached hydrogens (tertiary/aromatic N) is 1. The van der Waals surface area contributed by atoms with E-state index < -0.39 is 11.7 Å². The van der Waals surface area contributed by atoms with Crippen LogP contribution < -0.4 is 5.32 Å². The smallest absolute Gasteiger partial charge is 0.303 e. The van der Waals surface area contributed by atoms with Gasteiger partial charge >= 0.3 is 5.97 Å². The molecule has 0 bridgehead atoms. The third-order valence-electron chi connectivity index (χ3n) is 7.68. The number of esters is 1. The number of nitrogens with one attached hydrogen (secondary N) is 1. The number of pyridine rings is 1. The summed E-state index contributed by atoms with van der Waals surface area (Å²) in [4.78, 5) is 15.9. The maximum atomic E-state index is 11.7. The second-order valence-corrected chi connectivity index (χ2v) is 10.1. The van der Waals surface area contributed by atoms with Crippen molar-refractivity contribution in [3.05, 3.63) is 84.1 Å². The number of aromatic nitrogens is 1. The molecule has 5 heteroatoms. The zero-order chi connectivity index (χ0) is 24.3. The van der Waals surface area contributed by atoms with Gasteiger partial charge in [-0.25, -0.2) is 0 Å². The van der Waals surface area contributed by atoms with Crippen molar-refractivity contribution in [3.63, 3.8) is 0 Å². The van der Waals surface area contributed by atoms with Crippen LogP contribution in [-0.4, -0.2) is 34.3 Å². The second-order valence-electron chi connectivity index (χ2n) is 10.1. The number of carbonyl (C=O) groups is 1. The molecule has 1 fully saturated rings. The monoisotopic (exact) mass is 460 g/mol. The van der Waals surface area contributed by atoms with Gasteiger partial charge in [-0.2, -0.15) is 0 Å².